The first kappa shape index (κ1) is 13.7. The second kappa shape index (κ2) is 6.37. The van der Waals surface area contributed by atoms with Gasteiger partial charge in [-0.15, -0.1) is 0 Å². The van der Waals surface area contributed by atoms with E-state index in [-0.39, 0.29) is 19.1 Å². The van der Waals surface area contributed by atoms with Gasteiger partial charge < -0.3 is 15.5 Å². The van der Waals surface area contributed by atoms with E-state index < -0.39 is 5.60 Å². The molecule has 0 aliphatic rings. The standard InChI is InChI=1S/C13H19NO3/c1-13(17,10-15)9-14-12(16)8-7-11-5-3-2-4-6-11/h2-6,15,17H,7-10H2,1H3,(H,14,16). The Kier molecular flexibility index (Phi) is 5.12. The van der Waals surface area contributed by atoms with Crippen LogP contribution in [0.2, 0.25) is 0 Å². The van der Waals surface area contributed by atoms with E-state index in [9.17, 15) is 9.90 Å². The monoisotopic (exact) mass is 237 g/mol. The van der Waals surface area contributed by atoms with Gasteiger partial charge >= 0.3 is 0 Å². The van der Waals surface area contributed by atoms with E-state index in [1.807, 2.05) is 30.3 Å². The minimum Gasteiger partial charge on any atom is -0.393 e. The summed E-state index contributed by atoms with van der Waals surface area (Å²) >= 11 is 0. The molecule has 4 nitrogen and oxygen atoms in total. The summed E-state index contributed by atoms with van der Waals surface area (Å²) < 4.78 is 0. The second-order valence-corrected chi connectivity index (χ2v) is 4.42. The summed E-state index contributed by atoms with van der Waals surface area (Å²) in [5.41, 5.74) is -0.140. The molecular weight excluding hydrogens is 218 g/mol. The van der Waals surface area contributed by atoms with Gasteiger partial charge in [-0.3, -0.25) is 4.79 Å². The third kappa shape index (κ3) is 5.47. The third-order valence-electron chi connectivity index (χ3n) is 2.49. The van der Waals surface area contributed by atoms with Gasteiger partial charge in [-0.2, -0.15) is 0 Å². The Hall–Kier alpha value is -1.39. The number of amides is 1. The molecule has 17 heavy (non-hydrogen) atoms. The number of aliphatic hydroxyl groups is 2. The fourth-order valence-corrected chi connectivity index (χ4v) is 1.34. The van der Waals surface area contributed by atoms with Crippen molar-refractivity contribution >= 4 is 5.91 Å². The highest BCUT2D eigenvalue weighted by Crippen LogP contribution is 2.03. The van der Waals surface area contributed by atoms with Crippen LogP contribution in [0, 0.1) is 0 Å². The quantitative estimate of drug-likeness (QED) is 0.674. The molecule has 0 radical (unpaired) electrons. The topological polar surface area (TPSA) is 69.6 Å². The molecule has 1 atom stereocenters. The Labute approximate surface area is 101 Å². The molecule has 0 aromatic heterocycles. The number of carbonyl (C=O) groups is 1. The molecule has 4 heteroatoms. The van der Waals surface area contributed by atoms with Crippen LogP contribution in [0.4, 0.5) is 0 Å². The zero-order valence-corrected chi connectivity index (χ0v) is 10.0. The van der Waals surface area contributed by atoms with Gasteiger partial charge in [-0.05, 0) is 18.9 Å². The molecule has 0 aliphatic heterocycles. The average molecular weight is 237 g/mol. The van der Waals surface area contributed by atoms with E-state index in [4.69, 9.17) is 5.11 Å². The van der Waals surface area contributed by atoms with E-state index in [0.29, 0.717) is 12.8 Å². The molecule has 0 spiro atoms. The predicted octanol–water partition coefficient (Wildman–Crippen LogP) is 0.479. The van der Waals surface area contributed by atoms with Crippen molar-refractivity contribution in [1.29, 1.82) is 0 Å². The van der Waals surface area contributed by atoms with Gasteiger partial charge in [0.1, 0.15) is 5.60 Å². The Morgan fingerprint density at radius 1 is 1.35 bits per heavy atom. The molecule has 94 valence electrons. The van der Waals surface area contributed by atoms with Crippen molar-refractivity contribution in [2.75, 3.05) is 13.2 Å². The van der Waals surface area contributed by atoms with Crippen LogP contribution in [0.3, 0.4) is 0 Å². The van der Waals surface area contributed by atoms with Gasteiger partial charge in [0.05, 0.1) is 6.61 Å². The molecule has 1 aromatic rings. The normalized spacial score (nSPS) is 14.1. The summed E-state index contributed by atoms with van der Waals surface area (Å²) in [5.74, 6) is -0.123. The first-order chi connectivity index (χ1) is 8.03. The van der Waals surface area contributed by atoms with Gasteiger partial charge in [-0.25, -0.2) is 0 Å². The highest BCUT2D eigenvalue weighted by Gasteiger charge is 2.19. The molecule has 1 rings (SSSR count). The Balaban J connectivity index is 2.27. The van der Waals surface area contributed by atoms with E-state index in [2.05, 4.69) is 5.32 Å². The van der Waals surface area contributed by atoms with Crippen LogP contribution in [0.15, 0.2) is 30.3 Å². The molecular formula is C13H19NO3. The van der Waals surface area contributed by atoms with Gasteiger partial charge in [0.25, 0.3) is 0 Å². The molecule has 0 saturated carbocycles. The number of carbonyl (C=O) groups excluding carboxylic acids is 1. The Morgan fingerprint density at radius 2 is 2.00 bits per heavy atom. The van der Waals surface area contributed by atoms with Crippen molar-refractivity contribution in [3.05, 3.63) is 35.9 Å². The fourth-order valence-electron chi connectivity index (χ4n) is 1.34. The molecule has 3 N–H and O–H groups in total. The lowest BCUT2D eigenvalue weighted by Crippen LogP contribution is -2.43. The van der Waals surface area contributed by atoms with E-state index in [0.717, 1.165) is 5.56 Å². The number of aliphatic hydroxyl groups excluding tert-OH is 1. The highest BCUT2D eigenvalue weighted by atomic mass is 16.3. The van der Waals surface area contributed by atoms with Crippen molar-refractivity contribution in [2.45, 2.75) is 25.4 Å². The summed E-state index contributed by atoms with van der Waals surface area (Å²) in [5, 5.41) is 20.9. The van der Waals surface area contributed by atoms with Crippen LogP contribution in [-0.4, -0.2) is 34.9 Å². The van der Waals surface area contributed by atoms with Crippen molar-refractivity contribution in [1.82, 2.24) is 5.32 Å². The van der Waals surface area contributed by atoms with Crippen LogP contribution >= 0.6 is 0 Å². The lowest BCUT2D eigenvalue weighted by molar-refractivity contribution is -0.122. The molecule has 0 fully saturated rings. The fraction of sp³-hybridized carbons (Fsp3) is 0.462. The summed E-state index contributed by atoms with van der Waals surface area (Å²) in [4.78, 5) is 11.5. The van der Waals surface area contributed by atoms with Crippen molar-refractivity contribution in [3.63, 3.8) is 0 Å². The Bertz CT molecular complexity index is 349. The van der Waals surface area contributed by atoms with Gasteiger partial charge in [0, 0.05) is 13.0 Å². The van der Waals surface area contributed by atoms with Crippen molar-refractivity contribution in [3.8, 4) is 0 Å². The van der Waals surface area contributed by atoms with Crippen LogP contribution in [0.5, 0.6) is 0 Å². The average Bonchev–Trinajstić information content (AvgIpc) is 2.35. The van der Waals surface area contributed by atoms with Crippen molar-refractivity contribution < 1.29 is 15.0 Å². The van der Waals surface area contributed by atoms with Crippen LogP contribution in [0.1, 0.15) is 18.9 Å². The second-order valence-electron chi connectivity index (χ2n) is 4.42. The van der Waals surface area contributed by atoms with Crippen molar-refractivity contribution in [2.24, 2.45) is 0 Å². The van der Waals surface area contributed by atoms with E-state index in [1.165, 1.54) is 6.92 Å². The molecule has 0 saturated heterocycles. The van der Waals surface area contributed by atoms with Crippen LogP contribution in [0.25, 0.3) is 0 Å². The summed E-state index contributed by atoms with van der Waals surface area (Å²) in [6, 6.07) is 9.74. The molecule has 0 bridgehead atoms. The summed E-state index contributed by atoms with van der Waals surface area (Å²) in [6.45, 7) is 1.17. The maximum absolute atomic E-state index is 11.5. The minimum absolute atomic E-state index is 0.0666. The molecule has 1 amide bonds. The molecule has 1 aromatic carbocycles. The Morgan fingerprint density at radius 3 is 2.59 bits per heavy atom. The highest BCUT2D eigenvalue weighted by molar-refractivity contribution is 5.76. The minimum atomic E-state index is -1.25. The number of benzene rings is 1. The molecule has 0 aliphatic carbocycles. The number of hydrogen-bond acceptors (Lipinski definition) is 3. The zero-order valence-electron chi connectivity index (χ0n) is 10.0. The van der Waals surface area contributed by atoms with Crippen LogP contribution in [-0.2, 0) is 11.2 Å². The predicted molar refractivity (Wildman–Crippen MR) is 65.5 cm³/mol. The third-order valence-corrected chi connectivity index (χ3v) is 2.49. The lowest BCUT2D eigenvalue weighted by atomic mass is 10.1. The number of aryl methyl sites for hydroxylation is 1. The van der Waals surface area contributed by atoms with Gasteiger partial charge in [0.2, 0.25) is 5.91 Å². The number of hydrogen-bond donors (Lipinski definition) is 3. The smallest absolute Gasteiger partial charge is 0.220 e. The van der Waals surface area contributed by atoms with E-state index >= 15 is 0 Å². The maximum atomic E-state index is 11.5. The SMILES string of the molecule is CC(O)(CO)CNC(=O)CCc1ccccc1. The van der Waals surface area contributed by atoms with Crippen LogP contribution < -0.4 is 5.32 Å². The number of rotatable bonds is 6. The van der Waals surface area contributed by atoms with E-state index in [1.54, 1.807) is 0 Å². The molecule has 1 unspecified atom stereocenters. The summed E-state index contributed by atoms with van der Waals surface area (Å²) in [7, 11) is 0. The van der Waals surface area contributed by atoms with Gasteiger partial charge in [-0.1, -0.05) is 30.3 Å². The first-order valence-electron chi connectivity index (χ1n) is 5.67. The molecule has 0 heterocycles. The maximum Gasteiger partial charge on any atom is 0.220 e. The van der Waals surface area contributed by atoms with Gasteiger partial charge in [0.15, 0.2) is 0 Å². The number of nitrogens with one attached hydrogen (secondary N) is 1. The zero-order chi connectivity index (χ0) is 12.7. The lowest BCUT2D eigenvalue weighted by Gasteiger charge is -2.20. The largest absolute Gasteiger partial charge is 0.393 e. The first-order valence-corrected chi connectivity index (χ1v) is 5.67. The summed E-state index contributed by atoms with van der Waals surface area (Å²) in [6.07, 6.45) is 1.06.